The lowest BCUT2D eigenvalue weighted by Gasteiger charge is -2.19. The summed E-state index contributed by atoms with van der Waals surface area (Å²) >= 11 is 6.51. The van der Waals surface area contributed by atoms with Crippen molar-refractivity contribution in [3.8, 4) is 0 Å². The summed E-state index contributed by atoms with van der Waals surface area (Å²) in [6.45, 7) is 1.85. The van der Waals surface area contributed by atoms with Gasteiger partial charge in [0, 0.05) is 11.8 Å². The van der Waals surface area contributed by atoms with E-state index >= 15 is 0 Å². The highest BCUT2D eigenvalue weighted by Gasteiger charge is 2.32. The van der Waals surface area contributed by atoms with Crippen LogP contribution >= 0.6 is 11.6 Å². The Hall–Kier alpha value is -0.540. The normalized spacial score (nSPS) is 25.4. The Balaban J connectivity index is 2.18. The van der Waals surface area contributed by atoms with Gasteiger partial charge in [0.25, 0.3) is 0 Å². The summed E-state index contributed by atoms with van der Waals surface area (Å²) in [5, 5.41) is 18.2. The molecule has 1 saturated carbocycles. The number of halogens is 1. The molecule has 1 aliphatic carbocycles. The van der Waals surface area contributed by atoms with Gasteiger partial charge >= 0.3 is 5.97 Å². The van der Waals surface area contributed by atoms with Crippen LogP contribution in [-0.4, -0.2) is 27.7 Å². The van der Waals surface area contributed by atoms with Crippen molar-refractivity contribution >= 4 is 17.6 Å². The van der Waals surface area contributed by atoms with Crippen LogP contribution < -0.4 is 0 Å². The molecule has 0 aromatic carbocycles. The van der Waals surface area contributed by atoms with Crippen molar-refractivity contribution in [3.05, 3.63) is 12.2 Å². The zero-order chi connectivity index (χ0) is 17.8. The molecule has 24 heavy (non-hydrogen) atoms. The summed E-state index contributed by atoms with van der Waals surface area (Å²) in [5.41, 5.74) is 0. The van der Waals surface area contributed by atoms with Crippen molar-refractivity contribution in [3.63, 3.8) is 0 Å². The van der Waals surface area contributed by atoms with Gasteiger partial charge in [-0.3, -0.25) is 4.79 Å². The molecule has 0 heterocycles. The van der Waals surface area contributed by atoms with Crippen molar-refractivity contribution in [1.82, 2.24) is 0 Å². The van der Waals surface area contributed by atoms with Crippen LogP contribution in [0.4, 0.5) is 0 Å². The van der Waals surface area contributed by atoms with Crippen LogP contribution in [-0.2, 0) is 4.79 Å². The van der Waals surface area contributed by atoms with E-state index in [0.717, 1.165) is 64.2 Å². The van der Waals surface area contributed by atoms with E-state index in [-0.39, 0.29) is 6.10 Å². The van der Waals surface area contributed by atoms with Gasteiger partial charge < -0.3 is 10.2 Å². The van der Waals surface area contributed by atoms with Crippen molar-refractivity contribution in [2.24, 2.45) is 11.8 Å². The van der Waals surface area contributed by atoms with Gasteiger partial charge in [0.1, 0.15) is 0 Å². The fourth-order valence-corrected chi connectivity index (χ4v) is 4.10. The molecule has 0 aromatic rings. The quantitative estimate of drug-likeness (QED) is 0.258. The molecule has 0 spiro atoms. The number of aliphatic hydroxyl groups is 1. The Morgan fingerprint density at radius 3 is 2.62 bits per heavy atom. The molecule has 2 N–H and O–H groups in total. The first-order valence-electron chi connectivity index (χ1n) is 9.71. The largest absolute Gasteiger partial charge is 0.481 e. The molecule has 1 aliphatic rings. The van der Waals surface area contributed by atoms with E-state index in [1.54, 1.807) is 0 Å². The van der Waals surface area contributed by atoms with E-state index < -0.39 is 5.97 Å². The maximum atomic E-state index is 10.5. The van der Waals surface area contributed by atoms with Gasteiger partial charge in [0.2, 0.25) is 0 Å². The fourth-order valence-electron chi connectivity index (χ4n) is 3.66. The third-order valence-corrected chi connectivity index (χ3v) is 5.64. The summed E-state index contributed by atoms with van der Waals surface area (Å²) in [7, 11) is 0. The first kappa shape index (κ1) is 21.5. The second-order valence-electron chi connectivity index (χ2n) is 7.33. The standard InChI is InChI=1S/C20H35ClO3/c1-16(22)10-6-2-3-7-11-17-14-15-19(21)18(17)12-8-4-5-9-13-20(23)24/h7,11,16-19,22H,2-6,8-10,12-15H2,1H3,(H,23,24)/b11-7+/t16?,17-,18+,19?/m0/s1. The molecular formula is C20H35ClO3. The molecule has 3 nitrogen and oxygen atoms in total. The molecule has 0 radical (unpaired) electrons. The number of carboxylic acid groups (broad SMARTS) is 1. The van der Waals surface area contributed by atoms with Crippen molar-refractivity contribution in [2.75, 3.05) is 0 Å². The third-order valence-electron chi connectivity index (χ3n) is 5.09. The van der Waals surface area contributed by atoms with Gasteiger partial charge in [0.15, 0.2) is 0 Å². The number of carboxylic acids is 1. The van der Waals surface area contributed by atoms with Gasteiger partial charge in [0.05, 0.1) is 6.10 Å². The molecule has 4 atom stereocenters. The number of aliphatic hydroxyl groups excluding tert-OH is 1. The summed E-state index contributed by atoms with van der Waals surface area (Å²) in [5.74, 6) is 0.508. The van der Waals surface area contributed by atoms with Gasteiger partial charge in [-0.1, -0.05) is 37.8 Å². The lowest BCUT2D eigenvalue weighted by Crippen LogP contribution is -2.13. The molecular weight excluding hydrogens is 324 g/mol. The van der Waals surface area contributed by atoms with Crippen molar-refractivity contribution in [1.29, 1.82) is 0 Å². The van der Waals surface area contributed by atoms with E-state index in [0.29, 0.717) is 23.6 Å². The summed E-state index contributed by atoms with van der Waals surface area (Å²) in [4.78, 5) is 10.5. The van der Waals surface area contributed by atoms with Crippen LogP contribution in [0.15, 0.2) is 12.2 Å². The maximum absolute atomic E-state index is 10.5. The number of rotatable bonds is 13. The highest BCUT2D eigenvalue weighted by molar-refractivity contribution is 6.21. The molecule has 0 amide bonds. The second-order valence-corrected chi connectivity index (χ2v) is 7.89. The lowest BCUT2D eigenvalue weighted by molar-refractivity contribution is -0.137. The van der Waals surface area contributed by atoms with Gasteiger partial charge in [-0.05, 0) is 63.7 Å². The highest BCUT2D eigenvalue weighted by atomic mass is 35.5. The zero-order valence-corrected chi connectivity index (χ0v) is 15.9. The van der Waals surface area contributed by atoms with E-state index in [2.05, 4.69) is 12.2 Å². The first-order chi connectivity index (χ1) is 11.5. The predicted octanol–water partition coefficient (Wildman–Crippen LogP) is 5.54. The van der Waals surface area contributed by atoms with E-state index in [1.165, 1.54) is 6.42 Å². The average Bonchev–Trinajstić information content (AvgIpc) is 2.86. The Kier molecular flexibility index (Phi) is 11.4. The molecule has 2 unspecified atom stereocenters. The average molecular weight is 359 g/mol. The molecule has 1 fully saturated rings. The van der Waals surface area contributed by atoms with E-state index in [4.69, 9.17) is 16.7 Å². The molecule has 0 aromatic heterocycles. The molecule has 1 rings (SSSR count). The Morgan fingerprint density at radius 2 is 1.92 bits per heavy atom. The minimum Gasteiger partial charge on any atom is -0.481 e. The minimum absolute atomic E-state index is 0.180. The van der Waals surface area contributed by atoms with Gasteiger partial charge in [-0.2, -0.15) is 0 Å². The summed E-state index contributed by atoms with van der Waals surface area (Å²) < 4.78 is 0. The first-order valence-corrected chi connectivity index (χ1v) is 10.1. The van der Waals surface area contributed by atoms with Gasteiger partial charge in [-0.25, -0.2) is 0 Å². The van der Waals surface area contributed by atoms with Crippen molar-refractivity contribution < 1.29 is 15.0 Å². The highest BCUT2D eigenvalue weighted by Crippen LogP contribution is 2.40. The Morgan fingerprint density at radius 1 is 1.17 bits per heavy atom. The van der Waals surface area contributed by atoms with Crippen molar-refractivity contribution in [2.45, 2.75) is 95.5 Å². The van der Waals surface area contributed by atoms with Crippen LogP contribution in [0.1, 0.15) is 84.0 Å². The number of alkyl halides is 1. The molecule has 0 bridgehead atoms. The lowest BCUT2D eigenvalue weighted by atomic mass is 9.89. The van der Waals surface area contributed by atoms with Crippen LogP contribution in [0.5, 0.6) is 0 Å². The maximum Gasteiger partial charge on any atom is 0.303 e. The Bertz CT molecular complexity index is 368. The van der Waals surface area contributed by atoms with Gasteiger partial charge in [-0.15, -0.1) is 11.6 Å². The topological polar surface area (TPSA) is 57.5 Å². The molecule has 140 valence electrons. The van der Waals surface area contributed by atoms with Crippen LogP contribution in [0.3, 0.4) is 0 Å². The molecule has 0 aliphatic heterocycles. The Labute approximate surface area is 152 Å². The fraction of sp³-hybridized carbons (Fsp3) is 0.850. The SMILES string of the molecule is CC(O)CCCC/C=C/[C@H]1CCC(Cl)[C@@H]1CCCCCCC(=O)O. The summed E-state index contributed by atoms with van der Waals surface area (Å²) in [6, 6.07) is 0. The number of hydrogen-bond acceptors (Lipinski definition) is 2. The second kappa shape index (κ2) is 12.8. The smallest absolute Gasteiger partial charge is 0.303 e. The van der Waals surface area contributed by atoms with Crippen LogP contribution in [0.25, 0.3) is 0 Å². The van der Waals surface area contributed by atoms with Crippen LogP contribution in [0.2, 0.25) is 0 Å². The van der Waals surface area contributed by atoms with E-state index in [1.807, 2.05) is 6.92 Å². The van der Waals surface area contributed by atoms with Crippen LogP contribution in [0, 0.1) is 11.8 Å². The number of unbranched alkanes of at least 4 members (excludes halogenated alkanes) is 5. The van der Waals surface area contributed by atoms with E-state index in [9.17, 15) is 9.90 Å². The number of aliphatic carboxylic acids is 1. The monoisotopic (exact) mass is 358 g/mol. The summed E-state index contributed by atoms with van der Waals surface area (Å²) in [6.07, 6.45) is 16.6. The number of allylic oxidation sites excluding steroid dienone is 2. The molecule has 0 saturated heterocycles. The molecule has 4 heteroatoms. The zero-order valence-electron chi connectivity index (χ0n) is 15.1. The third kappa shape index (κ3) is 9.68. The minimum atomic E-state index is -0.690. The number of carbonyl (C=O) groups is 1. The number of hydrogen-bond donors (Lipinski definition) is 2. The predicted molar refractivity (Wildman–Crippen MR) is 100 cm³/mol.